The maximum atomic E-state index is 14.0. The van der Waals surface area contributed by atoms with Gasteiger partial charge in [-0.05, 0) is 0 Å². The number of anilines is 5. The van der Waals surface area contributed by atoms with Gasteiger partial charge >= 0.3 is 0 Å². The van der Waals surface area contributed by atoms with Gasteiger partial charge in [0.05, 0.1) is 12.4 Å². The van der Waals surface area contributed by atoms with Crippen molar-refractivity contribution in [2.45, 2.75) is 35.1 Å². The van der Waals surface area contributed by atoms with E-state index in [1.165, 1.54) is 34.5 Å². The first-order chi connectivity index (χ1) is 29.5. The number of nitrogens with two attached hydrogens (primary N) is 1. The summed E-state index contributed by atoms with van der Waals surface area (Å²) in [5, 5.41) is 40.4. The van der Waals surface area contributed by atoms with E-state index in [0.717, 1.165) is 0 Å². The number of rotatable bonds is 12. The lowest BCUT2D eigenvalue weighted by Gasteiger charge is -2.21. The monoisotopic (exact) mass is 932 g/mol. The van der Waals surface area contributed by atoms with Crippen LogP contribution in [0.3, 0.4) is 0 Å². The summed E-state index contributed by atoms with van der Waals surface area (Å²) in [4.78, 5) is 33.1. The molecule has 9 N–H and O–H groups in total. The molecule has 4 heterocycles. The zero-order chi connectivity index (χ0) is 47.1. The normalized spacial score (nSPS) is 11.2. The number of nitrogen functional groups attached to an aromatic ring is 1. The largest absolute Gasteiger partial charge is 0.396 e. The molecule has 2 aromatic carbocycles. The molecule has 0 atom stereocenters. The fourth-order valence-corrected chi connectivity index (χ4v) is 5.16. The predicted molar refractivity (Wildman–Crippen MR) is 223 cm³/mol. The average Bonchev–Trinajstić information content (AvgIpc) is 3.89. The smallest absolute Gasteiger partial charge is 0.256 e. The van der Waals surface area contributed by atoms with Crippen molar-refractivity contribution >= 4 is 63.5 Å². The third-order valence-electron chi connectivity index (χ3n) is 8.74. The van der Waals surface area contributed by atoms with Crippen molar-refractivity contribution < 1.29 is 54.9 Å². The van der Waals surface area contributed by atoms with Crippen LogP contribution in [0, 0.1) is 57.4 Å². The second-order valence-electron chi connectivity index (χ2n) is 14.9. The van der Waals surface area contributed by atoms with Gasteiger partial charge in [-0.2, -0.15) is 19.2 Å². The molecule has 0 fully saturated rings. The topological polar surface area (TPSA) is 221 Å². The summed E-state index contributed by atoms with van der Waals surface area (Å²) in [6.07, 6.45) is 2.69. The number of aliphatic hydroxyl groups is 2. The highest BCUT2D eigenvalue weighted by Gasteiger charge is 2.25. The molecule has 0 aliphatic rings. The van der Waals surface area contributed by atoms with E-state index < -0.39 is 69.2 Å². The first kappa shape index (κ1) is 51.8. The van der Waals surface area contributed by atoms with Crippen LogP contribution in [0.15, 0.2) is 36.7 Å². The average molecular weight is 933 g/mol. The van der Waals surface area contributed by atoms with Gasteiger partial charge in [-0.25, -0.2) is 45.1 Å². The van der Waals surface area contributed by atoms with Gasteiger partial charge in [-0.1, -0.05) is 46.7 Å². The third kappa shape index (κ3) is 11.9. The van der Waals surface area contributed by atoms with E-state index in [2.05, 4.69) is 52.5 Å². The molecule has 0 aliphatic carbocycles. The highest BCUT2D eigenvalue weighted by molar-refractivity contribution is 6.29. The Hall–Kier alpha value is -6.53. The molecule has 16 nitrogen and oxygen atoms in total. The molecule has 0 bridgehead atoms. The molecule has 64 heavy (non-hydrogen) atoms. The molecular weight excluding hydrogens is 888 g/mol. The van der Waals surface area contributed by atoms with E-state index in [9.17, 15) is 54.9 Å². The van der Waals surface area contributed by atoms with Crippen LogP contribution in [-0.2, 0) is 0 Å². The highest BCUT2D eigenvalue weighted by atomic mass is 35.5. The summed E-state index contributed by atoms with van der Waals surface area (Å²) in [6.45, 7) is 7.56. The summed E-state index contributed by atoms with van der Waals surface area (Å²) in [5.74, 6) is -12.6. The number of nitrogens with zero attached hydrogens (tertiary/aromatic N) is 6. The van der Waals surface area contributed by atoms with E-state index in [4.69, 9.17) is 11.6 Å². The minimum atomic E-state index is -1.62. The zero-order valence-corrected chi connectivity index (χ0v) is 34.9. The van der Waals surface area contributed by atoms with Gasteiger partial charge in [0, 0.05) is 75.5 Å². The van der Waals surface area contributed by atoms with E-state index in [-0.39, 0.29) is 78.6 Å². The van der Waals surface area contributed by atoms with Gasteiger partial charge in [-0.3, -0.25) is 9.59 Å². The molecular formula is C39H45ClF8N12O4. The number of halogens is 9. The van der Waals surface area contributed by atoms with E-state index in [1.54, 1.807) is 27.0 Å². The van der Waals surface area contributed by atoms with Crippen molar-refractivity contribution in [2.75, 3.05) is 62.1 Å². The van der Waals surface area contributed by atoms with Crippen LogP contribution in [0.2, 0.25) is 5.15 Å². The van der Waals surface area contributed by atoms with Crippen molar-refractivity contribution in [1.29, 1.82) is 0 Å². The third-order valence-corrected chi connectivity index (χ3v) is 8.93. The summed E-state index contributed by atoms with van der Waals surface area (Å²) in [6, 6.07) is 3.11. The van der Waals surface area contributed by atoms with E-state index in [1.807, 2.05) is 13.8 Å². The molecule has 0 saturated heterocycles. The molecule has 0 unspecified atom stereocenters. The Morgan fingerprint density at radius 1 is 0.672 bits per heavy atom. The lowest BCUT2D eigenvalue weighted by atomic mass is 9.95. The minimum absolute atomic E-state index is 0. The van der Waals surface area contributed by atoms with Gasteiger partial charge in [0.25, 0.3) is 11.8 Å². The van der Waals surface area contributed by atoms with Crippen LogP contribution in [-0.4, -0.2) is 91.6 Å². The van der Waals surface area contributed by atoms with Gasteiger partial charge in [0.2, 0.25) is 0 Å². The minimum Gasteiger partial charge on any atom is -0.396 e. The lowest BCUT2D eigenvalue weighted by Crippen LogP contribution is -2.36. The van der Waals surface area contributed by atoms with Crippen LogP contribution in [0.5, 0.6) is 0 Å². The number of hydrogen-bond acceptors (Lipinski definition) is 12. The number of aromatic nitrogens is 6. The maximum absolute atomic E-state index is 14.0. The van der Waals surface area contributed by atoms with Gasteiger partial charge < -0.3 is 42.5 Å². The van der Waals surface area contributed by atoms with Gasteiger partial charge in [0.15, 0.2) is 57.8 Å². The first-order valence-corrected chi connectivity index (χ1v) is 18.6. The van der Waals surface area contributed by atoms with E-state index in [0.29, 0.717) is 23.6 Å². The second kappa shape index (κ2) is 21.2. The molecule has 0 saturated carbocycles. The fourth-order valence-electron chi connectivity index (χ4n) is 4.98. The van der Waals surface area contributed by atoms with E-state index >= 15 is 0 Å². The molecule has 6 rings (SSSR count). The Balaban J connectivity index is 0.000000284. The second-order valence-corrected chi connectivity index (χ2v) is 15.3. The Bertz CT molecular complexity index is 2590. The molecule has 0 aliphatic heterocycles. The lowest BCUT2D eigenvalue weighted by molar-refractivity contribution is 0.0904. The molecule has 2 amide bonds. The van der Waals surface area contributed by atoms with Crippen molar-refractivity contribution in [2.24, 2.45) is 10.8 Å². The number of carbonyl (C=O) groups excluding carboxylic acids is 2. The van der Waals surface area contributed by atoms with Crippen molar-refractivity contribution in [3.63, 3.8) is 0 Å². The number of nitrogens with one attached hydrogen (secondary N) is 5. The zero-order valence-electron chi connectivity index (χ0n) is 34.2. The summed E-state index contributed by atoms with van der Waals surface area (Å²) >= 11 is 5.95. The number of aliphatic hydroxyl groups excluding tert-OH is 2. The molecule has 0 spiro atoms. The number of carbonyl (C=O) groups is 2. The van der Waals surface area contributed by atoms with Crippen molar-refractivity contribution in [3.05, 3.63) is 99.5 Å². The standard InChI is InChI=1S/C19H20F4N6O2.C13H18ClN5O2.C6H3F4N.CH4/c1-19(2,8-30)7-25-18(31)9-6-26-29-13(24-3)5-12(28-17(9)29)27-16-14(22)10(20)4-11(21)15(16)23;1-13(2,7-20)6-16-12(21)8-5-17-19-10(15-3)4-9(14)18-11(8)19;7-2-1-3(8)5(10)6(11)4(2)9;/h4-6,24,30H,7-8H2,1-3H3,(H,25,31)(H,27,28);4-5,15,20H,6-7H2,1-3H3,(H,16,21);1H,11H2;1H4. The van der Waals surface area contributed by atoms with Crippen LogP contribution in [0.25, 0.3) is 11.3 Å². The molecule has 348 valence electrons. The predicted octanol–water partition coefficient (Wildman–Crippen LogP) is 6.45. The Morgan fingerprint density at radius 3 is 1.47 bits per heavy atom. The SMILES string of the molecule is C.CNc1cc(Cl)nc2c(C(=O)NCC(C)(C)CO)cnn12.CNc1cc(Nc2c(F)c(F)cc(F)c2F)nc2c(C(=O)NCC(C)(C)CO)cnn12.Nc1c(F)c(F)cc(F)c1F. The van der Waals surface area contributed by atoms with Crippen molar-refractivity contribution in [1.82, 2.24) is 39.8 Å². The summed E-state index contributed by atoms with van der Waals surface area (Å²) < 4.78 is 107. The van der Waals surface area contributed by atoms with Gasteiger partial charge in [-0.15, -0.1) is 0 Å². The summed E-state index contributed by atoms with van der Waals surface area (Å²) in [5.41, 5.74) is 2.28. The van der Waals surface area contributed by atoms with Crippen LogP contribution >= 0.6 is 11.6 Å². The molecule has 0 radical (unpaired) electrons. The Morgan fingerprint density at radius 2 is 1.06 bits per heavy atom. The molecule has 6 aromatic rings. The number of fused-ring (bicyclic) bond motifs is 2. The Kier molecular flexibility index (Phi) is 17.2. The first-order valence-electron chi connectivity index (χ1n) is 18.2. The number of amides is 2. The number of hydrogen-bond donors (Lipinski definition) is 8. The van der Waals surface area contributed by atoms with Crippen molar-refractivity contribution in [3.8, 4) is 0 Å². The van der Waals surface area contributed by atoms with Gasteiger partial charge in [0.1, 0.15) is 45.1 Å². The Labute approximate surface area is 365 Å². The molecule has 4 aromatic heterocycles. The molecule has 25 heteroatoms. The highest BCUT2D eigenvalue weighted by Crippen LogP contribution is 2.29. The van der Waals surface area contributed by atoms with Crippen LogP contribution < -0.4 is 32.3 Å². The van der Waals surface area contributed by atoms with Crippen LogP contribution in [0.4, 0.5) is 64.0 Å². The quantitative estimate of drug-likeness (QED) is 0.0287. The number of benzene rings is 2. The fraction of sp³-hybridized carbons (Fsp3) is 0.333. The summed E-state index contributed by atoms with van der Waals surface area (Å²) in [7, 11) is 3.27. The van der Waals surface area contributed by atoms with Crippen LogP contribution in [0.1, 0.15) is 55.8 Å². The maximum Gasteiger partial charge on any atom is 0.256 e.